The largest absolute Gasteiger partial charge is 0.396 e. The van der Waals surface area contributed by atoms with Crippen molar-refractivity contribution in [3.63, 3.8) is 0 Å². The average molecular weight is 233 g/mol. The minimum Gasteiger partial charge on any atom is -0.396 e. The summed E-state index contributed by atoms with van der Waals surface area (Å²) in [7, 11) is -0.853. The topological polar surface area (TPSA) is 20.2 Å². The van der Waals surface area contributed by atoms with E-state index in [1.165, 1.54) is 12.6 Å². The minimum absolute atomic E-state index is 0.355. The molecular formula is C13H30OP+. The smallest absolute Gasteiger partial charge is 0.0646 e. The number of unbranched alkanes of at least 4 members (excludes halogenated alkanes) is 1. The third-order valence-corrected chi connectivity index (χ3v) is 10.7. The van der Waals surface area contributed by atoms with Gasteiger partial charge in [-0.15, -0.1) is 0 Å². The maximum atomic E-state index is 8.89. The molecule has 1 nitrogen and oxygen atoms in total. The van der Waals surface area contributed by atoms with Crippen LogP contribution in [0.3, 0.4) is 0 Å². The zero-order valence-corrected chi connectivity index (χ0v) is 12.3. The van der Waals surface area contributed by atoms with Gasteiger partial charge in [-0.05, 0) is 54.4 Å². The molecule has 0 aliphatic carbocycles. The normalized spacial score (nSPS) is 13.2. The van der Waals surface area contributed by atoms with Crippen LogP contribution in [-0.4, -0.2) is 34.9 Å². The second-order valence-electron chi connectivity index (χ2n) is 5.43. The Labute approximate surface area is 97.0 Å². The van der Waals surface area contributed by atoms with Crippen molar-refractivity contribution < 1.29 is 5.11 Å². The van der Waals surface area contributed by atoms with Crippen LogP contribution in [0.5, 0.6) is 0 Å². The Kier molecular flexibility index (Phi) is 7.04. The van der Waals surface area contributed by atoms with Crippen LogP contribution in [0.25, 0.3) is 0 Å². The van der Waals surface area contributed by atoms with Crippen LogP contribution in [0.1, 0.15) is 54.4 Å². The number of rotatable bonds is 7. The highest BCUT2D eigenvalue weighted by atomic mass is 31.2. The third kappa shape index (κ3) is 3.71. The Hall–Kier alpha value is 0.390. The minimum atomic E-state index is -0.853. The van der Waals surface area contributed by atoms with E-state index in [0.29, 0.717) is 6.61 Å². The van der Waals surface area contributed by atoms with Gasteiger partial charge in [0.25, 0.3) is 0 Å². The van der Waals surface area contributed by atoms with Gasteiger partial charge in [0.05, 0.1) is 23.1 Å². The number of aliphatic hydroxyl groups excluding tert-OH is 1. The molecule has 0 spiro atoms. The second kappa shape index (κ2) is 6.86. The molecule has 0 saturated carbocycles. The van der Waals surface area contributed by atoms with Gasteiger partial charge < -0.3 is 5.11 Å². The van der Waals surface area contributed by atoms with Crippen molar-refractivity contribution in [3.05, 3.63) is 0 Å². The molecule has 0 rings (SSSR count). The molecule has 0 saturated heterocycles. The molecule has 1 N–H and O–H groups in total. The summed E-state index contributed by atoms with van der Waals surface area (Å²) in [4.78, 5) is 0. The summed E-state index contributed by atoms with van der Waals surface area (Å²) < 4.78 is 0. The Balaban J connectivity index is 4.65. The molecule has 0 fully saturated rings. The van der Waals surface area contributed by atoms with E-state index < -0.39 is 7.26 Å². The van der Waals surface area contributed by atoms with Crippen LogP contribution in [0.2, 0.25) is 0 Å². The highest BCUT2D eigenvalue weighted by Gasteiger charge is 2.46. The predicted molar refractivity (Wildman–Crippen MR) is 73.5 cm³/mol. The molecule has 0 atom stereocenters. The van der Waals surface area contributed by atoms with Gasteiger partial charge in [-0.1, -0.05) is 0 Å². The standard InChI is InChI=1S/C13H30OP/c1-11(2)15(12(3)4,13(5)6)10-8-7-9-14/h11-14H,7-10H2,1-6H3/q+1. The summed E-state index contributed by atoms with van der Waals surface area (Å²) >= 11 is 0. The van der Waals surface area contributed by atoms with Crippen molar-refractivity contribution in [1.82, 2.24) is 0 Å². The Morgan fingerprint density at radius 2 is 1.20 bits per heavy atom. The molecule has 0 aliphatic heterocycles. The molecule has 2 heteroatoms. The van der Waals surface area contributed by atoms with Crippen LogP contribution in [0, 0.1) is 0 Å². The van der Waals surface area contributed by atoms with Gasteiger partial charge >= 0.3 is 0 Å². The van der Waals surface area contributed by atoms with Crippen molar-refractivity contribution >= 4 is 7.26 Å². The molecule has 15 heavy (non-hydrogen) atoms. The quantitative estimate of drug-likeness (QED) is 0.520. The highest BCUT2D eigenvalue weighted by Crippen LogP contribution is 2.70. The Bertz CT molecular complexity index is 142. The first kappa shape index (κ1) is 15.4. The highest BCUT2D eigenvalue weighted by molar-refractivity contribution is 7.77. The molecule has 0 heterocycles. The molecular weight excluding hydrogens is 203 g/mol. The average Bonchev–Trinajstić information content (AvgIpc) is 2.10. The van der Waals surface area contributed by atoms with E-state index in [1.54, 1.807) is 0 Å². The SMILES string of the molecule is CC(C)[P+](CCCCO)(C(C)C)C(C)C. The lowest BCUT2D eigenvalue weighted by Gasteiger charge is -2.38. The predicted octanol–water partition coefficient (Wildman–Crippen LogP) is 4.00. The van der Waals surface area contributed by atoms with Gasteiger partial charge in [0, 0.05) is 13.9 Å². The van der Waals surface area contributed by atoms with Crippen molar-refractivity contribution in [2.75, 3.05) is 12.8 Å². The van der Waals surface area contributed by atoms with Crippen LogP contribution in [-0.2, 0) is 0 Å². The van der Waals surface area contributed by atoms with E-state index in [9.17, 15) is 0 Å². The first-order chi connectivity index (χ1) is 6.89. The molecule has 0 aromatic heterocycles. The zero-order chi connectivity index (χ0) is 12.1. The molecule has 0 aliphatic rings. The summed E-state index contributed by atoms with van der Waals surface area (Å²) in [5.41, 5.74) is 2.49. The zero-order valence-electron chi connectivity index (χ0n) is 11.5. The van der Waals surface area contributed by atoms with Crippen LogP contribution in [0.4, 0.5) is 0 Å². The Morgan fingerprint density at radius 1 is 0.800 bits per heavy atom. The first-order valence-electron chi connectivity index (χ1n) is 6.37. The first-order valence-corrected chi connectivity index (χ1v) is 8.55. The summed E-state index contributed by atoms with van der Waals surface area (Å²) in [6, 6.07) is 0. The fourth-order valence-electron chi connectivity index (χ4n) is 3.06. The molecule has 0 amide bonds. The summed E-state index contributed by atoms with van der Waals surface area (Å²) in [5, 5.41) is 8.89. The third-order valence-electron chi connectivity index (χ3n) is 3.84. The number of hydrogen-bond donors (Lipinski definition) is 1. The monoisotopic (exact) mass is 233 g/mol. The van der Waals surface area contributed by atoms with E-state index in [2.05, 4.69) is 41.5 Å². The van der Waals surface area contributed by atoms with Crippen LogP contribution < -0.4 is 0 Å². The molecule has 0 radical (unpaired) electrons. The van der Waals surface area contributed by atoms with E-state index in [4.69, 9.17) is 5.11 Å². The van der Waals surface area contributed by atoms with Crippen LogP contribution >= 0.6 is 7.26 Å². The maximum absolute atomic E-state index is 8.89. The molecule has 92 valence electrons. The molecule has 0 aromatic rings. The molecule has 0 aromatic carbocycles. The van der Waals surface area contributed by atoms with Gasteiger partial charge in [0.15, 0.2) is 0 Å². The van der Waals surface area contributed by atoms with E-state index in [0.717, 1.165) is 23.4 Å². The van der Waals surface area contributed by atoms with E-state index >= 15 is 0 Å². The van der Waals surface area contributed by atoms with Gasteiger partial charge in [0.1, 0.15) is 0 Å². The lowest BCUT2D eigenvalue weighted by atomic mass is 10.4. The number of aliphatic hydroxyl groups is 1. The van der Waals surface area contributed by atoms with Crippen molar-refractivity contribution in [2.45, 2.75) is 71.4 Å². The van der Waals surface area contributed by atoms with Crippen molar-refractivity contribution in [3.8, 4) is 0 Å². The summed E-state index contributed by atoms with van der Waals surface area (Å²) in [5.74, 6) is 0. The lowest BCUT2D eigenvalue weighted by Crippen LogP contribution is -2.26. The van der Waals surface area contributed by atoms with Gasteiger partial charge in [0.2, 0.25) is 0 Å². The fourth-order valence-corrected chi connectivity index (χ4v) is 8.96. The second-order valence-corrected chi connectivity index (χ2v) is 11.0. The summed E-state index contributed by atoms with van der Waals surface area (Å²) in [6.45, 7) is 14.7. The van der Waals surface area contributed by atoms with Gasteiger partial charge in [-0.3, -0.25) is 0 Å². The van der Waals surface area contributed by atoms with Gasteiger partial charge in [-0.25, -0.2) is 0 Å². The molecule has 0 bridgehead atoms. The maximum Gasteiger partial charge on any atom is 0.0646 e. The van der Waals surface area contributed by atoms with Gasteiger partial charge in [-0.2, -0.15) is 0 Å². The summed E-state index contributed by atoms with van der Waals surface area (Å²) in [6.07, 6.45) is 3.55. The van der Waals surface area contributed by atoms with Crippen LogP contribution in [0.15, 0.2) is 0 Å². The fraction of sp³-hybridized carbons (Fsp3) is 1.00. The van der Waals surface area contributed by atoms with E-state index in [-0.39, 0.29) is 0 Å². The lowest BCUT2D eigenvalue weighted by molar-refractivity contribution is 0.287. The van der Waals surface area contributed by atoms with Crippen molar-refractivity contribution in [2.24, 2.45) is 0 Å². The van der Waals surface area contributed by atoms with E-state index in [1.807, 2.05) is 0 Å². The Morgan fingerprint density at radius 3 is 1.47 bits per heavy atom. The van der Waals surface area contributed by atoms with Crippen molar-refractivity contribution in [1.29, 1.82) is 0 Å². The number of hydrogen-bond acceptors (Lipinski definition) is 1. The molecule has 0 unspecified atom stereocenters.